The van der Waals surface area contributed by atoms with Crippen LogP contribution in [-0.4, -0.2) is 89.0 Å². The second-order valence-electron chi connectivity index (χ2n) is 14.8. The summed E-state index contributed by atoms with van der Waals surface area (Å²) < 4.78 is 22.1. The highest BCUT2D eigenvalue weighted by Crippen LogP contribution is 2.22. The number of ether oxygens (including phenoxy) is 4. The monoisotopic (exact) mass is 791 g/mol. The van der Waals surface area contributed by atoms with Gasteiger partial charge in [0.1, 0.15) is 31.0 Å². The van der Waals surface area contributed by atoms with Crippen LogP contribution in [0.15, 0.2) is 60.8 Å². The van der Waals surface area contributed by atoms with Crippen LogP contribution in [0.2, 0.25) is 0 Å². The minimum atomic E-state index is -1.60. The molecule has 0 aliphatic carbocycles. The Balaban J connectivity index is 2.38. The first-order valence-electron chi connectivity index (χ1n) is 21.9. The zero-order valence-electron chi connectivity index (χ0n) is 34.9. The molecule has 1 heterocycles. The van der Waals surface area contributed by atoms with Gasteiger partial charge >= 0.3 is 11.9 Å². The molecule has 1 rings (SSSR count). The van der Waals surface area contributed by atoms with Crippen LogP contribution in [0, 0.1) is 0 Å². The van der Waals surface area contributed by atoms with Crippen LogP contribution in [0.1, 0.15) is 162 Å². The quantitative estimate of drug-likeness (QED) is 0.0278. The molecule has 322 valence electrons. The lowest BCUT2D eigenvalue weighted by Gasteiger charge is -2.39. The van der Waals surface area contributed by atoms with Gasteiger partial charge in [-0.3, -0.25) is 9.59 Å². The lowest BCUT2D eigenvalue weighted by molar-refractivity contribution is -0.305. The standard InChI is InChI=1S/C46H78O10/c1-3-5-7-9-11-13-15-17-19-20-21-23-25-27-29-31-33-35-42(49)55-39(38-54-46-45(52)44(51)43(50)40(36-47)56-46)37-53-41(48)34-32-30-28-26-24-22-18-16-14-12-10-8-6-4-2/h5,7,11,13,16-19,21,23,39-40,43-47,50-52H,3-4,6,8-10,12,14-15,20,22,24-38H2,1-2H3/b7-5-,13-11-,18-16-,19-17-,23-21-. The van der Waals surface area contributed by atoms with Gasteiger partial charge in [-0.05, 0) is 77.0 Å². The second-order valence-corrected chi connectivity index (χ2v) is 14.8. The average Bonchev–Trinajstić information content (AvgIpc) is 3.19. The molecule has 0 saturated carbocycles. The number of hydrogen-bond donors (Lipinski definition) is 4. The number of aliphatic hydroxyl groups excluding tert-OH is 4. The predicted molar refractivity (Wildman–Crippen MR) is 224 cm³/mol. The van der Waals surface area contributed by atoms with Crippen LogP contribution in [0.4, 0.5) is 0 Å². The zero-order chi connectivity index (χ0) is 40.9. The molecule has 0 aromatic heterocycles. The van der Waals surface area contributed by atoms with Crippen molar-refractivity contribution in [1.29, 1.82) is 0 Å². The van der Waals surface area contributed by atoms with Crippen molar-refractivity contribution in [2.75, 3.05) is 19.8 Å². The number of hydrogen-bond acceptors (Lipinski definition) is 10. The molecule has 6 unspecified atom stereocenters. The van der Waals surface area contributed by atoms with E-state index < -0.39 is 55.4 Å². The molecule has 0 amide bonds. The highest BCUT2D eigenvalue weighted by Gasteiger charge is 2.44. The predicted octanol–water partition coefficient (Wildman–Crippen LogP) is 9.05. The molecule has 1 fully saturated rings. The zero-order valence-corrected chi connectivity index (χ0v) is 34.9. The van der Waals surface area contributed by atoms with E-state index in [4.69, 9.17) is 18.9 Å². The summed E-state index contributed by atoms with van der Waals surface area (Å²) in [6.45, 7) is 3.25. The Morgan fingerprint density at radius 2 is 1.05 bits per heavy atom. The summed E-state index contributed by atoms with van der Waals surface area (Å²) in [7, 11) is 0. The van der Waals surface area contributed by atoms with Crippen LogP contribution < -0.4 is 0 Å². The highest BCUT2D eigenvalue weighted by molar-refractivity contribution is 5.70. The van der Waals surface area contributed by atoms with Gasteiger partial charge in [0.05, 0.1) is 13.2 Å². The number of unbranched alkanes of at least 4 members (excludes halogenated alkanes) is 14. The van der Waals surface area contributed by atoms with E-state index in [1.165, 1.54) is 38.5 Å². The van der Waals surface area contributed by atoms with Gasteiger partial charge in [0.25, 0.3) is 0 Å². The van der Waals surface area contributed by atoms with Gasteiger partial charge in [-0.15, -0.1) is 0 Å². The fourth-order valence-electron chi connectivity index (χ4n) is 6.17. The van der Waals surface area contributed by atoms with Gasteiger partial charge in [-0.25, -0.2) is 0 Å². The molecule has 10 heteroatoms. The second kappa shape index (κ2) is 36.7. The maximum atomic E-state index is 12.8. The Morgan fingerprint density at radius 3 is 1.61 bits per heavy atom. The summed E-state index contributed by atoms with van der Waals surface area (Å²) >= 11 is 0. The lowest BCUT2D eigenvalue weighted by atomic mass is 9.99. The van der Waals surface area contributed by atoms with Crippen molar-refractivity contribution in [3.05, 3.63) is 60.8 Å². The van der Waals surface area contributed by atoms with Crippen molar-refractivity contribution in [1.82, 2.24) is 0 Å². The van der Waals surface area contributed by atoms with E-state index in [-0.39, 0.29) is 26.1 Å². The number of allylic oxidation sites excluding steroid dienone is 10. The number of aliphatic hydroxyl groups is 4. The van der Waals surface area contributed by atoms with Crippen molar-refractivity contribution in [3.8, 4) is 0 Å². The maximum Gasteiger partial charge on any atom is 0.306 e. The fraction of sp³-hybridized carbons (Fsp3) is 0.739. The van der Waals surface area contributed by atoms with Crippen molar-refractivity contribution in [2.45, 2.75) is 198 Å². The van der Waals surface area contributed by atoms with Crippen molar-refractivity contribution in [2.24, 2.45) is 0 Å². The Bertz CT molecular complexity index is 1100. The lowest BCUT2D eigenvalue weighted by Crippen LogP contribution is -2.59. The molecule has 1 saturated heterocycles. The largest absolute Gasteiger partial charge is 0.462 e. The van der Waals surface area contributed by atoms with E-state index >= 15 is 0 Å². The van der Waals surface area contributed by atoms with Crippen LogP contribution in [0.3, 0.4) is 0 Å². The molecule has 1 aliphatic heterocycles. The molecule has 0 spiro atoms. The highest BCUT2D eigenvalue weighted by atomic mass is 16.7. The fourth-order valence-corrected chi connectivity index (χ4v) is 6.17. The average molecular weight is 791 g/mol. The number of rotatable bonds is 35. The van der Waals surface area contributed by atoms with Gasteiger partial charge < -0.3 is 39.4 Å². The summed E-state index contributed by atoms with van der Waals surface area (Å²) in [5, 5.41) is 40.0. The minimum absolute atomic E-state index is 0.198. The van der Waals surface area contributed by atoms with Gasteiger partial charge in [0, 0.05) is 12.8 Å². The molecule has 1 aliphatic rings. The van der Waals surface area contributed by atoms with Crippen molar-refractivity contribution >= 4 is 11.9 Å². The first-order valence-corrected chi connectivity index (χ1v) is 21.9. The molecule has 0 aromatic rings. The van der Waals surface area contributed by atoms with E-state index in [2.05, 4.69) is 74.6 Å². The van der Waals surface area contributed by atoms with Gasteiger partial charge in [0.2, 0.25) is 0 Å². The third-order valence-corrected chi connectivity index (χ3v) is 9.64. The molecule has 0 bridgehead atoms. The van der Waals surface area contributed by atoms with E-state index in [1.807, 2.05) is 0 Å². The number of esters is 2. The molecule has 56 heavy (non-hydrogen) atoms. The van der Waals surface area contributed by atoms with Gasteiger partial charge in [0.15, 0.2) is 12.4 Å². The molecule has 10 nitrogen and oxygen atoms in total. The number of carbonyl (C=O) groups is 2. The van der Waals surface area contributed by atoms with Gasteiger partial charge in [-0.1, -0.05) is 132 Å². The summed E-state index contributed by atoms with van der Waals surface area (Å²) in [4.78, 5) is 25.3. The molecule has 4 N–H and O–H groups in total. The van der Waals surface area contributed by atoms with Crippen molar-refractivity contribution in [3.63, 3.8) is 0 Å². The summed E-state index contributed by atoms with van der Waals surface area (Å²) in [6.07, 6.45) is 36.5. The SMILES string of the molecule is CC/C=C\C/C=C\C/C=C\C/C=C\CCCCCCC(=O)OC(COC(=O)CCCCCCC/C=C\CCCCCCC)COC1OC(CO)C(O)C(O)C1O. The smallest absolute Gasteiger partial charge is 0.306 e. The van der Waals surface area contributed by atoms with Crippen LogP contribution in [0.5, 0.6) is 0 Å². The van der Waals surface area contributed by atoms with E-state index in [1.54, 1.807) is 0 Å². The van der Waals surface area contributed by atoms with Gasteiger partial charge in [-0.2, -0.15) is 0 Å². The first-order chi connectivity index (χ1) is 27.3. The molecule has 0 aromatic carbocycles. The Kier molecular flexibility index (Phi) is 33.7. The topological polar surface area (TPSA) is 152 Å². The first kappa shape index (κ1) is 51.4. The molecular formula is C46H78O10. The molecule has 6 atom stereocenters. The van der Waals surface area contributed by atoms with Crippen LogP contribution in [-0.2, 0) is 28.5 Å². The summed E-state index contributed by atoms with van der Waals surface area (Å²) in [5.74, 6) is -0.849. The third kappa shape index (κ3) is 27.9. The molecular weight excluding hydrogens is 712 g/mol. The summed E-state index contributed by atoms with van der Waals surface area (Å²) in [5.41, 5.74) is 0. The van der Waals surface area contributed by atoms with E-state index in [0.717, 1.165) is 83.5 Å². The van der Waals surface area contributed by atoms with E-state index in [0.29, 0.717) is 12.8 Å². The number of carbonyl (C=O) groups excluding carboxylic acids is 2. The third-order valence-electron chi connectivity index (χ3n) is 9.64. The Morgan fingerprint density at radius 1 is 0.571 bits per heavy atom. The Hall–Kier alpha value is -2.60. The maximum absolute atomic E-state index is 12.8. The van der Waals surface area contributed by atoms with Crippen LogP contribution >= 0.6 is 0 Å². The Labute approximate surface area is 339 Å². The minimum Gasteiger partial charge on any atom is -0.462 e. The summed E-state index contributed by atoms with van der Waals surface area (Å²) in [6, 6.07) is 0. The van der Waals surface area contributed by atoms with E-state index in [9.17, 15) is 30.0 Å². The van der Waals surface area contributed by atoms with Crippen LogP contribution in [0.25, 0.3) is 0 Å². The van der Waals surface area contributed by atoms with Crippen molar-refractivity contribution < 1.29 is 49.0 Å². The normalized spacial score (nSPS) is 21.0. The molecule has 0 radical (unpaired) electrons.